The van der Waals surface area contributed by atoms with E-state index in [1.54, 1.807) is 6.20 Å². The molecular weight excluding hydrogens is 256 g/mol. The molecule has 1 saturated heterocycles. The third kappa shape index (κ3) is 2.41. The predicted octanol–water partition coefficient (Wildman–Crippen LogP) is 1.74. The van der Waals surface area contributed by atoms with Crippen molar-refractivity contribution >= 4 is 5.91 Å². The SMILES string of the molecule is Cc1cnc(-c2nc(C3CCC(=O)NC3)no2)c(C)c1. The van der Waals surface area contributed by atoms with E-state index in [2.05, 4.69) is 20.4 Å². The molecule has 6 heteroatoms. The van der Waals surface area contributed by atoms with Crippen LogP contribution in [0.15, 0.2) is 16.8 Å². The molecule has 1 unspecified atom stereocenters. The van der Waals surface area contributed by atoms with Gasteiger partial charge >= 0.3 is 0 Å². The molecule has 2 aromatic heterocycles. The largest absolute Gasteiger partial charge is 0.355 e. The molecule has 1 atom stereocenters. The molecule has 0 saturated carbocycles. The van der Waals surface area contributed by atoms with E-state index in [1.165, 1.54) is 0 Å². The Morgan fingerprint density at radius 3 is 2.95 bits per heavy atom. The van der Waals surface area contributed by atoms with Gasteiger partial charge in [-0.25, -0.2) is 0 Å². The van der Waals surface area contributed by atoms with Crippen molar-refractivity contribution in [3.63, 3.8) is 0 Å². The van der Waals surface area contributed by atoms with Crippen molar-refractivity contribution < 1.29 is 9.32 Å². The number of piperidine rings is 1. The van der Waals surface area contributed by atoms with Gasteiger partial charge in [-0.15, -0.1) is 0 Å². The van der Waals surface area contributed by atoms with Crippen LogP contribution < -0.4 is 5.32 Å². The van der Waals surface area contributed by atoms with E-state index >= 15 is 0 Å². The molecule has 0 spiro atoms. The molecule has 1 fully saturated rings. The lowest BCUT2D eigenvalue weighted by Crippen LogP contribution is -2.34. The van der Waals surface area contributed by atoms with E-state index in [0.29, 0.717) is 30.4 Å². The van der Waals surface area contributed by atoms with E-state index in [4.69, 9.17) is 4.52 Å². The van der Waals surface area contributed by atoms with Gasteiger partial charge in [0.25, 0.3) is 5.89 Å². The van der Waals surface area contributed by atoms with Crippen LogP contribution in [0.1, 0.15) is 35.7 Å². The zero-order chi connectivity index (χ0) is 14.1. The standard InChI is InChI=1S/C14H16N4O2/c1-8-5-9(2)12(16-6-8)14-17-13(18-20-14)10-3-4-11(19)15-7-10/h5-6,10H,3-4,7H2,1-2H3,(H,15,19). The molecule has 1 aliphatic heterocycles. The smallest absolute Gasteiger partial charge is 0.276 e. The number of hydrogen-bond acceptors (Lipinski definition) is 5. The fraction of sp³-hybridized carbons (Fsp3) is 0.429. The van der Waals surface area contributed by atoms with Crippen molar-refractivity contribution in [3.05, 3.63) is 29.2 Å². The van der Waals surface area contributed by atoms with E-state index < -0.39 is 0 Å². The molecule has 3 heterocycles. The number of carbonyl (C=O) groups is 1. The van der Waals surface area contributed by atoms with E-state index in [0.717, 1.165) is 17.5 Å². The van der Waals surface area contributed by atoms with Crippen LogP contribution in [0.2, 0.25) is 0 Å². The van der Waals surface area contributed by atoms with Gasteiger partial charge in [0.1, 0.15) is 5.69 Å². The van der Waals surface area contributed by atoms with Crippen LogP contribution >= 0.6 is 0 Å². The molecule has 1 amide bonds. The second-order valence-electron chi connectivity index (χ2n) is 5.18. The maximum atomic E-state index is 11.2. The molecule has 1 N–H and O–H groups in total. The summed E-state index contributed by atoms with van der Waals surface area (Å²) in [6.45, 7) is 4.53. The third-order valence-corrected chi connectivity index (χ3v) is 3.49. The highest BCUT2D eigenvalue weighted by Crippen LogP contribution is 2.25. The molecule has 20 heavy (non-hydrogen) atoms. The normalized spacial score (nSPS) is 18.9. The first kappa shape index (κ1) is 12.8. The second-order valence-corrected chi connectivity index (χ2v) is 5.18. The fourth-order valence-corrected chi connectivity index (χ4v) is 2.39. The zero-order valence-electron chi connectivity index (χ0n) is 11.5. The lowest BCUT2D eigenvalue weighted by Gasteiger charge is -2.18. The van der Waals surface area contributed by atoms with Gasteiger partial charge in [0.2, 0.25) is 5.91 Å². The highest BCUT2D eigenvalue weighted by Gasteiger charge is 2.24. The Labute approximate surface area is 116 Å². The van der Waals surface area contributed by atoms with Crippen LogP contribution in [-0.2, 0) is 4.79 Å². The van der Waals surface area contributed by atoms with Gasteiger partial charge in [-0.05, 0) is 31.4 Å². The van der Waals surface area contributed by atoms with Crippen molar-refractivity contribution in [1.82, 2.24) is 20.4 Å². The number of amides is 1. The fourth-order valence-electron chi connectivity index (χ4n) is 2.39. The van der Waals surface area contributed by atoms with Gasteiger partial charge in [0.15, 0.2) is 5.82 Å². The summed E-state index contributed by atoms with van der Waals surface area (Å²) in [7, 11) is 0. The number of nitrogens with zero attached hydrogens (tertiary/aromatic N) is 3. The minimum Gasteiger partial charge on any atom is -0.355 e. The van der Waals surface area contributed by atoms with Crippen LogP contribution in [0.4, 0.5) is 0 Å². The predicted molar refractivity (Wildman–Crippen MR) is 72.0 cm³/mol. The lowest BCUT2D eigenvalue weighted by atomic mass is 9.99. The summed E-state index contributed by atoms with van der Waals surface area (Å²) < 4.78 is 5.32. The average molecular weight is 272 g/mol. The van der Waals surface area contributed by atoms with Gasteiger partial charge < -0.3 is 9.84 Å². The van der Waals surface area contributed by atoms with Gasteiger partial charge in [-0.2, -0.15) is 4.98 Å². The quantitative estimate of drug-likeness (QED) is 0.900. The lowest BCUT2D eigenvalue weighted by molar-refractivity contribution is -0.122. The van der Waals surface area contributed by atoms with E-state index in [9.17, 15) is 4.79 Å². The van der Waals surface area contributed by atoms with Crippen molar-refractivity contribution in [1.29, 1.82) is 0 Å². The van der Waals surface area contributed by atoms with Crippen LogP contribution in [0.25, 0.3) is 11.6 Å². The monoisotopic (exact) mass is 272 g/mol. The summed E-state index contributed by atoms with van der Waals surface area (Å²) in [5.41, 5.74) is 2.83. The molecule has 2 aromatic rings. The number of aryl methyl sites for hydroxylation is 2. The van der Waals surface area contributed by atoms with Crippen molar-refractivity contribution in [2.45, 2.75) is 32.6 Å². The highest BCUT2D eigenvalue weighted by molar-refractivity contribution is 5.76. The van der Waals surface area contributed by atoms with Gasteiger partial charge in [0.05, 0.1) is 0 Å². The number of carbonyl (C=O) groups excluding carboxylic acids is 1. The third-order valence-electron chi connectivity index (χ3n) is 3.49. The molecule has 0 aromatic carbocycles. The molecular formula is C14H16N4O2. The molecule has 0 radical (unpaired) electrons. The Morgan fingerprint density at radius 1 is 1.40 bits per heavy atom. The van der Waals surface area contributed by atoms with Crippen LogP contribution in [0, 0.1) is 13.8 Å². The molecule has 3 rings (SSSR count). The average Bonchev–Trinajstić information content (AvgIpc) is 2.89. The van der Waals surface area contributed by atoms with Crippen molar-refractivity contribution in [2.75, 3.05) is 6.54 Å². The number of aromatic nitrogens is 3. The van der Waals surface area contributed by atoms with Crippen LogP contribution in [-0.4, -0.2) is 27.6 Å². The Kier molecular flexibility index (Phi) is 3.22. The summed E-state index contributed by atoms with van der Waals surface area (Å²) in [5.74, 6) is 1.29. The first-order valence-corrected chi connectivity index (χ1v) is 6.67. The maximum absolute atomic E-state index is 11.2. The Bertz CT molecular complexity index is 640. The number of rotatable bonds is 2. The molecule has 1 aliphatic rings. The molecule has 104 valence electrons. The second kappa shape index (κ2) is 5.03. The van der Waals surface area contributed by atoms with Crippen molar-refractivity contribution in [3.8, 4) is 11.6 Å². The summed E-state index contributed by atoms with van der Waals surface area (Å²) in [6.07, 6.45) is 3.05. The summed E-state index contributed by atoms with van der Waals surface area (Å²) >= 11 is 0. The van der Waals surface area contributed by atoms with Crippen LogP contribution in [0.3, 0.4) is 0 Å². The van der Waals surface area contributed by atoms with E-state index in [-0.39, 0.29) is 11.8 Å². The maximum Gasteiger partial charge on any atom is 0.276 e. The zero-order valence-corrected chi connectivity index (χ0v) is 11.5. The van der Waals surface area contributed by atoms with Gasteiger partial charge in [-0.1, -0.05) is 11.2 Å². The molecule has 0 bridgehead atoms. The van der Waals surface area contributed by atoms with Gasteiger partial charge in [0, 0.05) is 25.1 Å². The number of hydrogen-bond donors (Lipinski definition) is 1. The highest BCUT2D eigenvalue weighted by atomic mass is 16.5. The van der Waals surface area contributed by atoms with Crippen molar-refractivity contribution in [2.24, 2.45) is 0 Å². The minimum atomic E-state index is 0.0843. The number of pyridine rings is 1. The Hall–Kier alpha value is -2.24. The molecule has 6 nitrogen and oxygen atoms in total. The van der Waals surface area contributed by atoms with E-state index in [1.807, 2.05) is 19.9 Å². The number of nitrogens with one attached hydrogen (secondary N) is 1. The van der Waals surface area contributed by atoms with Gasteiger partial charge in [-0.3, -0.25) is 9.78 Å². The summed E-state index contributed by atoms with van der Waals surface area (Å²) in [5, 5.41) is 6.85. The first-order chi connectivity index (χ1) is 9.63. The summed E-state index contributed by atoms with van der Waals surface area (Å²) in [6, 6.07) is 2.03. The molecule has 0 aliphatic carbocycles. The minimum absolute atomic E-state index is 0.0843. The summed E-state index contributed by atoms with van der Waals surface area (Å²) in [4.78, 5) is 19.9. The van der Waals surface area contributed by atoms with Crippen LogP contribution in [0.5, 0.6) is 0 Å². The topological polar surface area (TPSA) is 80.9 Å². The Balaban J connectivity index is 1.84. The Morgan fingerprint density at radius 2 is 2.25 bits per heavy atom. The first-order valence-electron chi connectivity index (χ1n) is 6.67.